The molecule has 0 saturated heterocycles. The molecule has 1 heterocycles. The van der Waals surface area contributed by atoms with Crippen LogP contribution in [0.1, 0.15) is 23.0 Å². The van der Waals surface area contributed by atoms with Crippen LogP contribution in [0.3, 0.4) is 0 Å². The van der Waals surface area contributed by atoms with Crippen LogP contribution in [0.25, 0.3) is 0 Å². The highest BCUT2D eigenvalue weighted by Crippen LogP contribution is 2.05. The first-order valence-electron chi connectivity index (χ1n) is 3.38. The van der Waals surface area contributed by atoms with Gasteiger partial charge in [-0.1, -0.05) is 6.92 Å². The molecule has 2 nitrogen and oxygen atoms in total. The van der Waals surface area contributed by atoms with Gasteiger partial charge in [0.15, 0.2) is 0 Å². The van der Waals surface area contributed by atoms with E-state index < -0.39 is 5.24 Å². The molecule has 0 aliphatic rings. The van der Waals surface area contributed by atoms with Gasteiger partial charge in [-0.3, -0.25) is 9.78 Å². The largest absolute Gasteiger partial charge is 0.276 e. The van der Waals surface area contributed by atoms with Crippen LogP contribution in [0, 0.1) is 0 Å². The quantitative estimate of drug-likeness (QED) is 0.634. The van der Waals surface area contributed by atoms with Crippen molar-refractivity contribution in [3.63, 3.8) is 0 Å². The summed E-state index contributed by atoms with van der Waals surface area (Å²) in [7, 11) is 0. The second-order valence-corrected chi connectivity index (χ2v) is 2.51. The van der Waals surface area contributed by atoms with Crippen molar-refractivity contribution in [3.8, 4) is 0 Å². The maximum Gasteiger partial charge on any atom is 0.252 e. The van der Waals surface area contributed by atoms with E-state index in [1.165, 1.54) is 0 Å². The molecular formula is C8H8ClNO. The smallest absolute Gasteiger partial charge is 0.252 e. The monoisotopic (exact) mass is 169 g/mol. The summed E-state index contributed by atoms with van der Waals surface area (Å²) in [6.45, 7) is 1.98. The van der Waals surface area contributed by atoms with E-state index in [2.05, 4.69) is 4.98 Å². The Hall–Kier alpha value is -0.890. The van der Waals surface area contributed by atoms with Crippen molar-refractivity contribution >= 4 is 16.8 Å². The van der Waals surface area contributed by atoms with Crippen LogP contribution in [0.4, 0.5) is 0 Å². The lowest BCUT2D eigenvalue weighted by atomic mass is 10.2. The SMILES string of the molecule is CCc1cc(C(=O)Cl)ccn1. The maximum absolute atomic E-state index is 10.7. The van der Waals surface area contributed by atoms with Crippen molar-refractivity contribution in [2.45, 2.75) is 13.3 Å². The Kier molecular flexibility index (Phi) is 2.60. The predicted molar refractivity (Wildman–Crippen MR) is 43.8 cm³/mol. The lowest BCUT2D eigenvalue weighted by Crippen LogP contribution is -1.92. The van der Waals surface area contributed by atoms with Gasteiger partial charge in [-0.15, -0.1) is 0 Å². The minimum absolute atomic E-state index is 0.429. The third-order valence-corrected chi connectivity index (χ3v) is 1.62. The van der Waals surface area contributed by atoms with E-state index in [0.717, 1.165) is 12.1 Å². The first-order valence-corrected chi connectivity index (χ1v) is 3.76. The number of halogens is 1. The molecule has 0 aliphatic heterocycles. The first-order chi connectivity index (χ1) is 5.24. The van der Waals surface area contributed by atoms with Gasteiger partial charge in [-0.25, -0.2) is 0 Å². The molecular weight excluding hydrogens is 162 g/mol. The van der Waals surface area contributed by atoms with E-state index in [0.29, 0.717) is 5.56 Å². The highest BCUT2D eigenvalue weighted by atomic mass is 35.5. The average molecular weight is 170 g/mol. The predicted octanol–water partition coefficient (Wildman–Crippen LogP) is 2.02. The fourth-order valence-corrected chi connectivity index (χ4v) is 0.911. The van der Waals surface area contributed by atoms with Crippen LogP contribution >= 0.6 is 11.6 Å². The third-order valence-electron chi connectivity index (χ3n) is 1.41. The minimum Gasteiger partial charge on any atom is -0.276 e. The zero-order valence-corrected chi connectivity index (χ0v) is 6.93. The lowest BCUT2D eigenvalue weighted by Gasteiger charge is -1.95. The molecule has 0 unspecified atom stereocenters. The third kappa shape index (κ3) is 2.02. The number of nitrogens with zero attached hydrogens (tertiary/aromatic N) is 1. The number of carbonyl (C=O) groups excluding carboxylic acids is 1. The molecule has 0 saturated carbocycles. The Morgan fingerprint density at radius 3 is 3.00 bits per heavy atom. The van der Waals surface area contributed by atoms with Gasteiger partial charge in [-0.2, -0.15) is 0 Å². The van der Waals surface area contributed by atoms with Crippen molar-refractivity contribution in [2.75, 3.05) is 0 Å². The standard InChI is InChI=1S/C8H8ClNO/c1-2-7-5-6(8(9)11)3-4-10-7/h3-5H,2H2,1H3. The van der Waals surface area contributed by atoms with Crippen molar-refractivity contribution in [1.82, 2.24) is 4.98 Å². The summed E-state index contributed by atoms with van der Waals surface area (Å²) in [6, 6.07) is 3.31. The molecule has 0 N–H and O–H groups in total. The van der Waals surface area contributed by atoms with Gasteiger partial charge in [-0.05, 0) is 30.2 Å². The molecule has 0 radical (unpaired) electrons. The number of carbonyl (C=O) groups is 1. The molecule has 1 aromatic heterocycles. The van der Waals surface area contributed by atoms with Gasteiger partial charge >= 0.3 is 0 Å². The molecule has 0 spiro atoms. The molecule has 0 aromatic carbocycles. The summed E-state index contributed by atoms with van der Waals surface area (Å²) in [5.74, 6) is 0. The average Bonchev–Trinajstić information content (AvgIpc) is 2.05. The molecule has 0 bridgehead atoms. The van der Waals surface area contributed by atoms with E-state index in [9.17, 15) is 4.79 Å². The number of aryl methyl sites for hydroxylation is 1. The van der Waals surface area contributed by atoms with Crippen LogP contribution in [0.15, 0.2) is 18.3 Å². The Bertz CT molecular complexity index is 273. The molecule has 0 amide bonds. The second kappa shape index (κ2) is 3.49. The topological polar surface area (TPSA) is 30.0 Å². The van der Waals surface area contributed by atoms with Crippen LogP contribution in [-0.4, -0.2) is 10.2 Å². The van der Waals surface area contributed by atoms with Gasteiger partial charge in [0.2, 0.25) is 0 Å². The normalized spacial score (nSPS) is 9.64. The van der Waals surface area contributed by atoms with Crippen molar-refractivity contribution in [1.29, 1.82) is 0 Å². The minimum atomic E-state index is -0.429. The van der Waals surface area contributed by atoms with Crippen molar-refractivity contribution < 1.29 is 4.79 Å². The molecule has 1 aromatic rings. The van der Waals surface area contributed by atoms with Gasteiger partial charge < -0.3 is 0 Å². The summed E-state index contributed by atoms with van der Waals surface area (Å²) < 4.78 is 0. The van der Waals surface area contributed by atoms with Crippen molar-refractivity contribution in [3.05, 3.63) is 29.6 Å². The summed E-state index contributed by atoms with van der Waals surface area (Å²) in [6.07, 6.45) is 2.41. The van der Waals surface area contributed by atoms with E-state index in [4.69, 9.17) is 11.6 Å². The Balaban J connectivity index is 3.01. The fraction of sp³-hybridized carbons (Fsp3) is 0.250. The van der Waals surface area contributed by atoms with E-state index in [-0.39, 0.29) is 0 Å². The molecule has 11 heavy (non-hydrogen) atoms. The van der Waals surface area contributed by atoms with E-state index in [1.54, 1.807) is 18.3 Å². The number of aromatic nitrogens is 1. The summed E-state index contributed by atoms with van der Waals surface area (Å²) in [5, 5.41) is -0.429. The Labute approximate surface area is 70.2 Å². The molecule has 58 valence electrons. The molecule has 3 heteroatoms. The van der Waals surface area contributed by atoms with E-state index in [1.807, 2.05) is 6.92 Å². The highest BCUT2D eigenvalue weighted by molar-refractivity contribution is 6.67. The number of pyridine rings is 1. The maximum atomic E-state index is 10.7. The summed E-state index contributed by atoms with van der Waals surface area (Å²) >= 11 is 5.27. The highest BCUT2D eigenvalue weighted by Gasteiger charge is 2.01. The number of hydrogen-bond acceptors (Lipinski definition) is 2. The molecule has 0 aliphatic carbocycles. The van der Waals surface area contributed by atoms with Gasteiger partial charge in [0.1, 0.15) is 0 Å². The van der Waals surface area contributed by atoms with Crippen LogP contribution in [0.5, 0.6) is 0 Å². The Morgan fingerprint density at radius 1 is 1.73 bits per heavy atom. The lowest BCUT2D eigenvalue weighted by molar-refractivity contribution is 0.108. The van der Waals surface area contributed by atoms with Crippen LogP contribution in [0.2, 0.25) is 0 Å². The zero-order chi connectivity index (χ0) is 8.27. The molecule has 1 rings (SSSR count). The van der Waals surface area contributed by atoms with Crippen LogP contribution in [-0.2, 0) is 6.42 Å². The number of rotatable bonds is 2. The zero-order valence-electron chi connectivity index (χ0n) is 6.17. The first kappa shape index (κ1) is 8.21. The second-order valence-electron chi connectivity index (χ2n) is 2.16. The van der Waals surface area contributed by atoms with Crippen molar-refractivity contribution in [2.24, 2.45) is 0 Å². The van der Waals surface area contributed by atoms with E-state index >= 15 is 0 Å². The van der Waals surface area contributed by atoms with Gasteiger partial charge in [0.25, 0.3) is 5.24 Å². The fourth-order valence-electron chi connectivity index (χ4n) is 0.794. The van der Waals surface area contributed by atoms with Crippen LogP contribution < -0.4 is 0 Å². The molecule has 0 atom stereocenters. The summed E-state index contributed by atoms with van der Waals surface area (Å²) in [5.41, 5.74) is 1.40. The Morgan fingerprint density at radius 2 is 2.45 bits per heavy atom. The van der Waals surface area contributed by atoms with Gasteiger partial charge in [0.05, 0.1) is 0 Å². The number of hydrogen-bond donors (Lipinski definition) is 0. The summed E-state index contributed by atoms with van der Waals surface area (Å²) in [4.78, 5) is 14.7. The molecule has 0 fully saturated rings. The van der Waals surface area contributed by atoms with Gasteiger partial charge in [0, 0.05) is 17.5 Å².